The van der Waals surface area contributed by atoms with Gasteiger partial charge in [0.2, 0.25) is 5.91 Å². The normalized spacial score (nSPS) is 16.9. The number of nitrogens with two attached hydrogens (primary N) is 1. The van der Waals surface area contributed by atoms with E-state index in [0.29, 0.717) is 13.0 Å². The van der Waals surface area contributed by atoms with Crippen molar-refractivity contribution in [3.63, 3.8) is 0 Å². The van der Waals surface area contributed by atoms with Gasteiger partial charge in [0, 0.05) is 45.6 Å². The van der Waals surface area contributed by atoms with Gasteiger partial charge in [0.25, 0.3) is 0 Å². The van der Waals surface area contributed by atoms with E-state index in [2.05, 4.69) is 36.1 Å². The quantitative estimate of drug-likeness (QED) is 0.879. The van der Waals surface area contributed by atoms with E-state index >= 15 is 0 Å². The first-order valence-electron chi connectivity index (χ1n) is 7.46. The lowest BCUT2D eigenvalue weighted by atomic mass is 10.1. The molecule has 0 spiro atoms. The summed E-state index contributed by atoms with van der Waals surface area (Å²) in [4.78, 5) is 16.4. The lowest BCUT2D eigenvalue weighted by Crippen LogP contribution is -2.53. The molecule has 1 aliphatic heterocycles. The summed E-state index contributed by atoms with van der Waals surface area (Å²) in [6, 6.07) is 8.02. The third-order valence-electron chi connectivity index (χ3n) is 3.91. The minimum Gasteiger partial charge on any atom is -0.385 e. The summed E-state index contributed by atoms with van der Waals surface area (Å²) < 4.78 is 4.98. The van der Waals surface area contributed by atoms with Gasteiger partial charge in [-0.15, -0.1) is 0 Å². The van der Waals surface area contributed by atoms with Crippen LogP contribution in [0.5, 0.6) is 0 Å². The maximum atomic E-state index is 12.2. The van der Waals surface area contributed by atoms with Crippen LogP contribution in [-0.2, 0) is 9.53 Å². The number of anilines is 1. The SMILES string of the molecule is COCCC(N)C(=O)N1CCN(c2cccc(C)c2)CC1. The number of hydrogen-bond acceptors (Lipinski definition) is 4. The number of carbonyl (C=O) groups excluding carboxylic acids is 1. The molecule has 5 nitrogen and oxygen atoms in total. The number of aryl methyl sites for hydroxylation is 1. The van der Waals surface area contributed by atoms with E-state index < -0.39 is 6.04 Å². The zero-order valence-corrected chi connectivity index (χ0v) is 12.9. The van der Waals surface area contributed by atoms with Crippen LogP contribution in [0.25, 0.3) is 0 Å². The van der Waals surface area contributed by atoms with Crippen LogP contribution in [0.1, 0.15) is 12.0 Å². The number of hydrogen-bond donors (Lipinski definition) is 1. The Morgan fingerprint density at radius 1 is 1.33 bits per heavy atom. The highest BCUT2D eigenvalue weighted by molar-refractivity contribution is 5.81. The van der Waals surface area contributed by atoms with E-state index in [9.17, 15) is 4.79 Å². The average molecular weight is 291 g/mol. The summed E-state index contributed by atoms with van der Waals surface area (Å²) in [7, 11) is 1.62. The van der Waals surface area contributed by atoms with Crippen LogP contribution in [0, 0.1) is 6.92 Å². The van der Waals surface area contributed by atoms with Crippen LogP contribution in [0.15, 0.2) is 24.3 Å². The molecule has 2 N–H and O–H groups in total. The second kappa shape index (κ2) is 7.43. The van der Waals surface area contributed by atoms with Crippen LogP contribution in [-0.4, -0.2) is 56.7 Å². The fourth-order valence-electron chi connectivity index (χ4n) is 2.61. The third kappa shape index (κ3) is 4.19. The molecule has 1 unspecified atom stereocenters. The van der Waals surface area contributed by atoms with Gasteiger partial charge in [-0.05, 0) is 31.0 Å². The van der Waals surface area contributed by atoms with Crippen LogP contribution < -0.4 is 10.6 Å². The Bertz CT molecular complexity index is 470. The molecule has 1 atom stereocenters. The van der Waals surface area contributed by atoms with E-state index in [1.807, 2.05) is 4.90 Å². The molecule has 1 fully saturated rings. The third-order valence-corrected chi connectivity index (χ3v) is 3.91. The van der Waals surface area contributed by atoms with E-state index in [1.165, 1.54) is 11.3 Å². The smallest absolute Gasteiger partial charge is 0.239 e. The van der Waals surface area contributed by atoms with Gasteiger partial charge < -0.3 is 20.3 Å². The molecule has 0 radical (unpaired) electrons. The maximum absolute atomic E-state index is 12.2. The molecule has 1 saturated heterocycles. The minimum atomic E-state index is -0.449. The van der Waals surface area contributed by atoms with Crippen LogP contribution >= 0.6 is 0 Å². The predicted octanol–water partition coefficient (Wildman–Crippen LogP) is 1.01. The molecule has 1 heterocycles. The number of methoxy groups -OCH3 is 1. The highest BCUT2D eigenvalue weighted by Crippen LogP contribution is 2.18. The van der Waals surface area contributed by atoms with Crippen molar-refractivity contribution >= 4 is 11.6 Å². The van der Waals surface area contributed by atoms with E-state index in [4.69, 9.17) is 10.5 Å². The Kier molecular flexibility index (Phi) is 5.59. The largest absolute Gasteiger partial charge is 0.385 e. The van der Waals surface area contributed by atoms with Crippen molar-refractivity contribution in [2.45, 2.75) is 19.4 Å². The van der Waals surface area contributed by atoms with Crippen molar-refractivity contribution in [2.24, 2.45) is 5.73 Å². The molecule has 1 aromatic carbocycles. The standard InChI is InChI=1S/C16H25N3O2/c1-13-4-3-5-14(12-13)18-7-9-19(10-8-18)16(20)15(17)6-11-21-2/h3-5,12,15H,6-11,17H2,1-2H3. The zero-order valence-electron chi connectivity index (χ0n) is 12.9. The van der Waals surface area contributed by atoms with Gasteiger partial charge in [0.15, 0.2) is 0 Å². The second-order valence-electron chi connectivity index (χ2n) is 5.54. The molecule has 1 aliphatic rings. The average Bonchev–Trinajstić information content (AvgIpc) is 2.52. The summed E-state index contributed by atoms with van der Waals surface area (Å²) >= 11 is 0. The molecule has 5 heteroatoms. The van der Waals surface area contributed by atoms with Crippen LogP contribution in [0.4, 0.5) is 5.69 Å². The molecule has 0 bridgehead atoms. The van der Waals surface area contributed by atoms with Crippen molar-refractivity contribution in [1.29, 1.82) is 0 Å². The van der Waals surface area contributed by atoms with Crippen LogP contribution in [0.3, 0.4) is 0 Å². The predicted molar refractivity (Wildman–Crippen MR) is 84.4 cm³/mol. The Morgan fingerprint density at radius 2 is 2.05 bits per heavy atom. The fraction of sp³-hybridized carbons (Fsp3) is 0.562. The first kappa shape index (κ1) is 15.8. The van der Waals surface area contributed by atoms with Gasteiger partial charge in [0.05, 0.1) is 6.04 Å². The number of benzene rings is 1. The van der Waals surface area contributed by atoms with Gasteiger partial charge >= 0.3 is 0 Å². The summed E-state index contributed by atoms with van der Waals surface area (Å²) in [6.45, 7) is 5.79. The van der Waals surface area contributed by atoms with Crippen molar-refractivity contribution < 1.29 is 9.53 Å². The van der Waals surface area contributed by atoms with Crippen LogP contribution in [0.2, 0.25) is 0 Å². The van der Waals surface area contributed by atoms with E-state index in [1.54, 1.807) is 7.11 Å². The zero-order chi connectivity index (χ0) is 15.2. The topological polar surface area (TPSA) is 58.8 Å². The highest BCUT2D eigenvalue weighted by Gasteiger charge is 2.25. The number of rotatable bonds is 5. The number of nitrogens with zero attached hydrogens (tertiary/aromatic N) is 2. The number of carbonyl (C=O) groups is 1. The van der Waals surface area contributed by atoms with Crippen molar-refractivity contribution in [2.75, 3.05) is 44.8 Å². The summed E-state index contributed by atoms with van der Waals surface area (Å²) in [5.41, 5.74) is 8.40. The summed E-state index contributed by atoms with van der Waals surface area (Å²) in [5.74, 6) is 0.0379. The first-order valence-corrected chi connectivity index (χ1v) is 7.46. The molecular weight excluding hydrogens is 266 g/mol. The molecule has 1 aromatic rings. The molecular formula is C16H25N3O2. The Morgan fingerprint density at radius 3 is 2.67 bits per heavy atom. The Labute approximate surface area is 126 Å². The van der Waals surface area contributed by atoms with Gasteiger partial charge in [0.1, 0.15) is 0 Å². The van der Waals surface area contributed by atoms with Crippen molar-refractivity contribution in [3.8, 4) is 0 Å². The Hall–Kier alpha value is -1.59. The first-order chi connectivity index (χ1) is 10.1. The lowest BCUT2D eigenvalue weighted by molar-refractivity contribution is -0.133. The molecule has 116 valence electrons. The molecule has 2 rings (SSSR count). The summed E-state index contributed by atoms with van der Waals surface area (Å²) in [5, 5.41) is 0. The molecule has 0 saturated carbocycles. The number of amides is 1. The molecule has 21 heavy (non-hydrogen) atoms. The maximum Gasteiger partial charge on any atom is 0.239 e. The monoisotopic (exact) mass is 291 g/mol. The molecule has 0 aliphatic carbocycles. The summed E-state index contributed by atoms with van der Waals surface area (Å²) in [6.07, 6.45) is 0.577. The fourth-order valence-corrected chi connectivity index (χ4v) is 2.61. The number of ether oxygens (including phenoxy) is 1. The molecule has 0 aromatic heterocycles. The van der Waals surface area contributed by atoms with Gasteiger partial charge in [-0.3, -0.25) is 4.79 Å². The molecule has 1 amide bonds. The van der Waals surface area contributed by atoms with Gasteiger partial charge in [-0.2, -0.15) is 0 Å². The van der Waals surface area contributed by atoms with Crippen molar-refractivity contribution in [3.05, 3.63) is 29.8 Å². The Balaban J connectivity index is 1.87. The lowest BCUT2D eigenvalue weighted by Gasteiger charge is -2.37. The highest BCUT2D eigenvalue weighted by atomic mass is 16.5. The van der Waals surface area contributed by atoms with E-state index in [0.717, 1.165) is 26.2 Å². The van der Waals surface area contributed by atoms with Gasteiger partial charge in [-0.1, -0.05) is 12.1 Å². The second-order valence-corrected chi connectivity index (χ2v) is 5.54. The minimum absolute atomic E-state index is 0.0379. The van der Waals surface area contributed by atoms with E-state index in [-0.39, 0.29) is 5.91 Å². The van der Waals surface area contributed by atoms with Gasteiger partial charge in [-0.25, -0.2) is 0 Å². The van der Waals surface area contributed by atoms with Crippen molar-refractivity contribution in [1.82, 2.24) is 4.90 Å². The number of piperazine rings is 1.